The molecule has 1 fully saturated rings. The molecule has 23 heavy (non-hydrogen) atoms. The van der Waals surface area contributed by atoms with Gasteiger partial charge in [-0.25, -0.2) is 4.79 Å². The zero-order valence-corrected chi connectivity index (χ0v) is 15.5. The first-order valence-electron chi connectivity index (χ1n) is 8.07. The molecule has 0 aromatic heterocycles. The molecule has 1 aromatic rings. The van der Waals surface area contributed by atoms with Gasteiger partial charge in [-0.2, -0.15) is 0 Å². The maximum atomic E-state index is 12.4. The summed E-state index contributed by atoms with van der Waals surface area (Å²) in [5, 5.41) is 4.37. The van der Waals surface area contributed by atoms with Gasteiger partial charge in [-0.1, -0.05) is 15.9 Å². The average Bonchev–Trinajstić information content (AvgIpc) is 2.52. The number of nitrogens with one attached hydrogen (secondary N) is 1. The Morgan fingerprint density at radius 1 is 1.30 bits per heavy atom. The SMILES string of the molecule is CCOC(=O)/C(=N/Nc1ccc(Br)cc1)N1[C@H](C)CCC[C@@H]1C. The van der Waals surface area contributed by atoms with Gasteiger partial charge in [0.2, 0.25) is 5.84 Å². The zero-order valence-electron chi connectivity index (χ0n) is 13.9. The second-order valence-corrected chi connectivity index (χ2v) is 6.73. The molecule has 2 atom stereocenters. The van der Waals surface area contributed by atoms with Crippen molar-refractivity contribution in [3.8, 4) is 0 Å². The van der Waals surface area contributed by atoms with Crippen LogP contribution in [0.4, 0.5) is 5.69 Å². The summed E-state index contributed by atoms with van der Waals surface area (Å²) in [5.41, 5.74) is 3.80. The highest BCUT2D eigenvalue weighted by atomic mass is 79.9. The Bertz CT molecular complexity index is 549. The number of rotatable bonds is 3. The summed E-state index contributed by atoms with van der Waals surface area (Å²) in [5.74, 6) is -0.0211. The van der Waals surface area contributed by atoms with E-state index in [4.69, 9.17) is 4.74 Å². The van der Waals surface area contributed by atoms with Crippen LogP contribution in [0.2, 0.25) is 0 Å². The van der Waals surface area contributed by atoms with Crippen LogP contribution in [0.3, 0.4) is 0 Å². The minimum Gasteiger partial charge on any atom is -0.460 e. The predicted octanol–water partition coefficient (Wildman–Crippen LogP) is 4.00. The lowest BCUT2D eigenvalue weighted by Crippen LogP contribution is -2.51. The molecule has 2 rings (SSSR count). The van der Waals surface area contributed by atoms with Crippen LogP contribution in [0.15, 0.2) is 33.8 Å². The molecule has 1 heterocycles. The van der Waals surface area contributed by atoms with Gasteiger partial charge >= 0.3 is 5.97 Å². The number of piperidine rings is 1. The van der Waals surface area contributed by atoms with Gasteiger partial charge in [0.1, 0.15) is 0 Å². The number of amidine groups is 1. The monoisotopic (exact) mass is 381 g/mol. The van der Waals surface area contributed by atoms with E-state index >= 15 is 0 Å². The fourth-order valence-electron chi connectivity index (χ4n) is 2.89. The van der Waals surface area contributed by atoms with Gasteiger partial charge in [-0.15, -0.1) is 5.10 Å². The van der Waals surface area contributed by atoms with Crippen molar-refractivity contribution in [3.63, 3.8) is 0 Å². The van der Waals surface area contributed by atoms with Crippen LogP contribution in [-0.4, -0.2) is 35.4 Å². The van der Waals surface area contributed by atoms with Crippen molar-refractivity contribution in [2.75, 3.05) is 12.0 Å². The number of anilines is 1. The summed E-state index contributed by atoms with van der Waals surface area (Å²) < 4.78 is 6.20. The van der Waals surface area contributed by atoms with E-state index in [0.717, 1.165) is 23.0 Å². The lowest BCUT2D eigenvalue weighted by Gasteiger charge is -2.40. The van der Waals surface area contributed by atoms with Crippen LogP contribution in [0.1, 0.15) is 40.0 Å². The molecular weight excluding hydrogens is 358 g/mol. The summed E-state index contributed by atoms with van der Waals surface area (Å²) in [4.78, 5) is 14.4. The smallest absolute Gasteiger partial charge is 0.376 e. The number of halogens is 1. The molecule has 1 aliphatic heterocycles. The van der Waals surface area contributed by atoms with Gasteiger partial charge in [0.15, 0.2) is 0 Å². The highest BCUT2D eigenvalue weighted by Crippen LogP contribution is 2.23. The lowest BCUT2D eigenvalue weighted by atomic mass is 9.97. The fraction of sp³-hybridized carbons (Fsp3) is 0.529. The minimum atomic E-state index is -0.377. The van der Waals surface area contributed by atoms with Crippen molar-refractivity contribution in [2.24, 2.45) is 5.10 Å². The van der Waals surface area contributed by atoms with Crippen molar-refractivity contribution in [1.29, 1.82) is 0 Å². The van der Waals surface area contributed by atoms with E-state index in [2.05, 4.69) is 45.2 Å². The number of hydrogen-bond acceptors (Lipinski definition) is 4. The van der Waals surface area contributed by atoms with Crippen LogP contribution in [-0.2, 0) is 9.53 Å². The molecule has 1 N–H and O–H groups in total. The molecule has 0 spiro atoms. The second kappa shape index (κ2) is 8.34. The first kappa shape index (κ1) is 17.8. The molecule has 1 aliphatic rings. The van der Waals surface area contributed by atoms with E-state index in [1.165, 1.54) is 6.42 Å². The summed E-state index contributed by atoms with van der Waals surface area (Å²) in [6, 6.07) is 8.20. The third kappa shape index (κ3) is 4.70. The van der Waals surface area contributed by atoms with E-state index < -0.39 is 0 Å². The third-order valence-electron chi connectivity index (χ3n) is 4.03. The Labute approximate surface area is 146 Å². The molecule has 126 valence electrons. The Balaban J connectivity index is 2.23. The number of hydrazone groups is 1. The normalized spacial score (nSPS) is 21.9. The molecule has 0 unspecified atom stereocenters. The van der Waals surface area contributed by atoms with Crippen LogP contribution in [0, 0.1) is 0 Å². The van der Waals surface area contributed by atoms with E-state index in [-0.39, 0.29) is 18.1 Å². The lowest BCUT2D eigenvalue weighted by molar-refractivity contribution is -0.136. The predicted molar refractivity (Wildman–Crippen MR) is 96.4 cm³/mol. The Kier molecular flexibility index (Phi) is 6.45. The van der Waals surface area contributed by atoms with E-state index in [9.17, 15) is 4.79 Å². The standard InChI is InChI=1S/C17H24BrN3O2/c1-4-23-17(22)16(21-12(2)6-5-7-13(21)3)20-19-15-10-8-14(18)9-11-15/h8-13,19H,4-7H2,1-3H3/b20-16-/t12-,13+. The Morgan fingerprint density at radius 2 is 1.91 bits per heavy atom. The molecule has 6 heteroatoms. The first-order chi connectivity index (χ1) is 11.0. The number of nitrogens with zero attached hydrogens (tertiary/aromatic N) is 2. The first-order valence-corrected chi connectivity index (χ1v) is 8.87. The molecule has 0 bridgehead atoms. The van der Waals surface area contributed by atoms with Gasteiger partial charge in [0.05, 0.1) is 12.3 Å². The summed E-state index contributed by atoms with van der Waals surface area (Å²) in [7, 11) is 0. The third-order valence-corrected chi connectivity index (χ3v) is 4.56. The minimum absolute atomic E-state index is 0.272. The molecule has 0 saturated carbocycles. The maximum absolute atomic E-state index is 12.4. The molecule has 0 amide bonds. The molecule has 0 aliphatic carbocycles. The largest absolute Gasteiger partial charge is 0.460 e. The average molecular weight is 382 g/mol. The number of carbonyl (C=O) groups is 1. The van der Waals surface area contributed by atoms with Gasteiger partial charge in [-0.3, -0.25) is 5.43 Å². The number of hydrogen-bond donors (Lipinski definition) is 1. The van der Waals surface area contributed by atoms with E-state index in [1.54, 1.807) is 6.92 Å². The Morgan fingerprint density at radius 3 is 2.48 bits per heavy atom. The summed E-state index contributed by atoms with van der Waals surface area (Å²) >= 11 is 3.40. The molecule has 0 radical (unpaired) electrons. The van der Waals surface area contributed by atoms with Crippen molar-refractivity contribution in [3.05, 3.63) is 28.7 Å². The highest BCUT2D eigenvalue weighted by Gasteiger charge is 2.32. The number of ether oxygens (including phenoxy) is 1. The molecule has 5 nitrogen and oxygen atoms in total. The van der Waals surface area contributed by atoms with Crippen LogP contribution < -0.4 is 5.43 Å². The van der Waals surface area contributed by atoms with Crippen molar-refractivity contribution >= 4 is 33.4 Å². The van der Waals surface area contributed by atoms with Crippen molar-refractivity contribution < 1.29 is 9.53 Å². The van der Waals surface area contributed by atoms with E-state index in [1.807, 2.05) is 24.3 Å². The van der Waals surface area contributed by atoms with Crippen LogP contribution >= 0.6 is 15.9 Å². The van der Waals surface area contributed by atoms with Crippen molar-refractivity contribution in [1.82, 2.24) is 4.90 Å². The number of likely N-dealkylation sites (tertiary alicyclic amines) is 1. The number of benzene rings is 1. The summed E-state index contributed by atoms with van der Waals surface area (Å²) in [6.07, 6.45) is 3.29. The van der Waals surface area contributed by atoms with Gasteiger partial charge in [-0.05, 0) is 64.3 Å². The molecule has 1 saturated heterocycles. The highest BCUT2D eigenvalue weighted by molar-refractivity contribution is 9.10. The number of esters is 1. The van der Waals surface area contributed by atoms with Crippen molar-refractivity contribution in [2.45, 2.75) is 52.1 Å². The Hall–Kier alpha value is -1.56. The van der Waals surface area contributed by atoms with Crippen LogP contribution in [0.25, 0.3) is 0 Å². The number of carbonyl (C=O) groups excluding carboxylic acids is 1. The zero-order chi connectivity index (χ0) is 16.8. The maximum Gasteiger partial charge on any atom is 0.376 e. The molecular formula is C17H24BrN3O2. The van der Waals surface area contributed by atoms with Crippen LogP contribution in [0.5, 0.6) is 0 Å². The fourth-order valence-corrected chi connectivity index (χ4v) is 3.15. The molecule has 1 aromatic carbocycles. The van der Waals surface area contributed by atoms with Gasteiger partial charge < -0.3 is 9.64 Å². The van der Waals surface area contributed by atoms with Gasteiger partial charge in [0, 0.05) is 16.6 Å². The van der Waals surface area contributed by atoms with Gasteiger partial charge in [0.25, 0.3) is 0 Å². The second-order valence-electron chi connectivity index (χ2n) is 5.81. The van der Waals surface area contributed by atoms with E-state index in [0.29, 0.717) is 12.4 Å². The summed E-state index contributed by atoms with van der Waals surface area (Å²) in [6.45, 7) is 6.40. The topological polar surface area (TPSA) is 53.9 Å². The quantitative estimate of drug-likeness (QED) is 0.372.